The molecule has 1 amide bonds. The minimum atomic E-state index is -4.74. The number of halogens is 4. The van der Waals surface area contributed by atoms with Gasteiger partial charge in [0, 0.05) is 0 Å². The van der Waals surface area contributed by atoms with Crippen LogP contribution in [0.4, 0.5) is 18.9 Å². The van der Waals surface area contributed by atoms with Crippen LogP contribution in [0.5, 0.6) is 0 Å². The zero-order valence-corrected chi connectivity index (χ0v) is 22.4. The Morgan fingerprint density at radius 1 is 0.946 bits per heavy atom. The van der Waals surface area contributed by atoms with Gasteiger partial charge in [-0.2, -0.15) is 13.2 Å². The number of nitrogens with one attached hydrogen (secondary N) is 1. The Hall–Kier alpha value is -3.04. The number of carbonyl (C=O) groups excluding carboxylic acids is 1. The molecule has 0 heterocycles. The Morgan fingerprint density at radius 3 is 2.05 bits per heavy atom. The van der Waals surface area contributed by atoms with Gasteiger partial charge in [0.25, 0.3) is 10.0 Å². The molecule has 0 spiro atoms. The summed E-state index contributed by atoms with van der Waals surface area (Å²) in [6, 6.07) is 16.6. The summed E-state index contributed by atoms with van der Waals surface area (Å²) >= 11 is 6.17. The molecule has 1 N–H and O–H groups in total. The van der Waals surface area contributed by atoms with Crippen molar-refractivity contribution in [1.82, 2.24) is 5.32 Å². The number of anilines is 1. The summed E-state index contributed by atoms with van der Waals surface area (Å²) in [5, 5.41) is 2.49. The molecular weight excluding hydrogens is 525 g/mol. The van der Waals surface area contributed by atoms with Crippen molar-refractivity contribution < 1.29 is 26.4 Å². The van der Waals surface area contributed by atoms with Crippen molar-refractivity contribution in [2.24, 2.45) is 0 Å². The van der Waals surface area contributed by atoms with Gasteiger partial charge >= 0.3 is 6.18 Å². The van der Waals surface area contributed by atoms with E-state index in [1.165, 1.54) is 24.3 Å². The van der Waals surface area contributed by atoms with Crippen LogP contribution in [-0.4, -0.2) is 20.9 Å². The van der Waals surface area contributed by atoms with E-state index in [2.05, 4.69) is 26.1 Å². The van der Waals surface area contributed by atoms with E-state index in [1.54, 1.807) is 13.0 Å². The van der Waals surface area contributed by atoms with Crippen molar-refractivity contribution in [2.75, 3.05) is 10.8 Å². The van der Waals surface area contributed by atoms with Crippen LogP contribution in [-0.2, 0) is 26.4 Å². The Labute approximate surface area is 220 Å². The largest absolute Gasteiger partial charge is 0.416 e. The van der Waals surface area contributed by atoms with Gasteiger partial charge in [-0.15, -0.1) is 0 Å². The number of hydrogen-bond acceptors (Lipinski definition) is 3. The molecule has 3 aromatic rings. The molecule has 1 atom stereocenters. The lowest BCUT2D eigenvalue weighted by molar-refractivity contribution is -0.137. The molecule has 0 aliphatic carbocycles. The number of alkyl halides is 3. The first-order valence-corrected chi connectivity index (χ1v) is 13.3. The van der Waals surface area contributed by atoms with E-state index in [4.69, 9.17) is 11.6 Å². The second-order valence-corrected chi connectivity index (χ2v) is 11.9. The molecule has 37 heavy (non-hydrogen) atoms. The maximum Gasteiger partial charge on any atom is 0.416 e. The Kier molecular flexibility index (Phi) is 8.29. The topological polar surface area (TPSA) is 66.5 Å². The van der Waals surface area contributed by atoms with Gasteiger partial charge in [0.1, 0.15) is 6.54 Å². The number of benzene rings is 3. The van der Waals surface area contributed by atoms with E-state index >= 15 is 0 Å². The zero-order valence-electron chi connectivity index (χ0n) is 20.8. The second kappa shape index (κ2) is 10.8. The van der Waals surface area contributed by atoms with E-state index < -0.39 is 45.9 Å². The molecule has 0 aromatic heterocycles. The average molecular weight is 553 g/mol. The molecule has 0 aliphatic heterocycles. The van der Waals surface area contributed by atoms with Crippen molar-refractivity contribution in [2.45, 2.75) is 50.2 Å². The smallest absolute Gasteiger partial charge is 0.348 e. The molecule has 0 saturated carbocycles. The van der Waals surface area contributed by atoms with E-state index in [9.17, 15) is 26.4 Å². The lowest BCUT2D eigenvalue weighted by atomic mass is 9.86. The molecule has 198 valence electrons. The first kappa shape index (κ1) is 28.5. The summed E-state index contributed by atoms with van der Waals surface area (Å²) in [4.78, 5) is 12.8. The van der Waals surface area contributed by atoms with Gasteiger partial charge < -0.3 is 5.32 Å². The number of carbonyl (C=O) groups is 1. The Bertz CT molecular complexity index is 1350. The van der Waals surface area contributed by atoms with Gasteiger partial charge in [0.2, 0.25) is 5.91 Å². The second-order valence-electron chi connectivity index (χ2n) is 9.65. The van der Waals surface area contributed by atoms with Crippen molar-refractivity contribution in [3.8, 4) is 0 Å². The minimum absolute atomic E-state index is 0.0540. The molecule has 0 radical (unpaired) electrons. The normalized spacial score (nSPS) is 13.2. The van der Waals surface area contributed by atoms with E-state index in [1.807, 2.05) is 24.3 Å². The standard InChI is InChI=1S/C27H28ClF3N2O3S/c1-18(19-10-12-20(13-11-19)26(2,3)4)32-25(34)17-33(37(35,36)22-8-6-5-7-9-22)24-16-21(27(29,30)31)14-15-23(24)28/h5-16,18H,17H2,1-4H3,(H,32,34)/t18-/m1/s1. The first-order chi connectivity index (χ1) is 17.1. The van der Waals surface area contributed by atoms with Crippen molar-refractivity contribution >= 4 is 33.2 Å². The number of hydrogen-bond donors (Lipinski definition) is 1. The summed E-state index contributed by atoms with van der Waals surface area (Å²) in [7, 11) is -4.44. The highest BCUT2D eigenvalue weighted by Gasteiger charge is 2.34. The van der Waals surface area contributed by atoms with Gasteiger partial charge in [-0.3, -0.25) is 9.10 Å². The minimum Gasteiger partial charge on any atom is -0.348 e. The molecule has 0 fully saturated rings. The molecule has 3 rings (SSSR count). The number of nitrogens with zero attached hydrogens (tertiary/aromatic N) is 1. The molecular formula is C27H28ClF3N2O3S. The summed E-state index contributed by atoms with van der Waals surface area (Å²) in [5.74, 6) is -0.708. The number of amides is 1. The monoisotopic (exact) mass is 552 g/mol. The van der Waals surface area contributed by atoms with Gasteiger partial charge in [-0.05, 0) is 53.8 Å². The third-order valence-electron chi connectivity index (χ3n) is 5.81. The van der Waals surface area contributed by atoms with E-state index in [0.717, 1.165) is 23.3 Å². The fourth-order valence-corrected chi connectivity index (χ4v) is 5.39. The molecule has 5 nitrogen and oxygen atoms in total. The third-order valence-corrected chi connectivity index (χ3v) is 7.91. The summed E-state index contributed by atoms with van der Waals surface area (Å²) < 4.78 is 67.8. The maximum absolute atomic E-state index is 13.5. The van der Waals surface area contributed by atoms with E-state index in [-0.39, 0.29) is 15.3 Å². The molecule has 3 aromatic carbocycles. The van der Waals surface area contributed by atoms with E-state index in [0.29, 0.717) is 10.4 Å². The summed E-state index contributed by atoms with van der Waals surface area (Å²) in [5.41, 5.74) is 0.303. The van der Waals surface area contributed by atoms with Crippen LogP contribution in [0.15, 0.2) is 77.7 Å². The van der Waals surface area contributed by atoms with Gasteiger partial charge in [0.05, 0.1) is 27.2 Å². The average Bonchev–Trinajstić information content (AvgIpc) is 2.82. The molecule has 0 saturated heterocycles. The molecule has 10 heteroatoms. The fourth-order valence-electron chi connectivity index (χ4n) is 3.67. The Morgan fingerprint density at radius 2 is 1.51 bits per heavy atom. The number of sulfonamides is 1. The molecule has 0 bridgehead atoms. The number of rotatable bonds is 7. The lowest BCUT2D eigenvalue weighted by Gasteiger charge is -2.26. The highest BCUT2D eigenvalue weighted by molar-refractivity contribution is 7.92. The van der Waals surface area contributed by atoms with Crippen molar-refractivity contribution in [3.05, 3.63) is 94.5 Å². The summed E-state index contributed by atoms with van der Waals surface area (Å²) in [6.07, 6.45) is -4.74. The van der Waals surface area contributed by atoms with Crippen LogP contribution in [0, 0.1) is 0 Å². The van der Waals surface area contributed by atoms with Gasteiger partial charge in [-0.1, -0.05) is 74.8 Å². The first-order valence-electron chi connectivity index (χ1n) is 11.4. The van der Waals surface area contributed by atoms with Gasteiger partial charge in [-0.25, -0.2) is 8.42 Å². The zero-order chi connectivity index (χ0) is 27.6. The van der Waals surface area contributed by atoms with Crippen molar-refractivity contribution in [1.29, 1.82) is 0 Å². The van der Waals surface area contributed by atoms with Crippen LogP contribution in [0.3, 0.4) is 0 Å². The molecule has 0 aliphatic rings. The van der Waals surface area contributed by atoms with Crippen molar-refractivity contribution in [3.63, 3.8) is 0 Å². The molecule has 0 unspecified atom stereocenters. The van der Waals surface area contributed by atoms with Crippen LogP contribution in [0.25, 0.3) is 0 Å². The Balaban J connectivity index is 1.95. The fraction of sp³-hybridized carbons (Fsp3) is 0.296. The van der Waals surface area contributed by atoms with Crippen LogP contribution < -0.4 is 9.62 Å². The SMILES string of the molecule is C[C@@H](NC(=O)CN(c1cc(C(F)(F)F)ccc1Cl)S(=O)(=O)c1ccccc1)c1ccc(C(C)(C)C)cc1. The van der Waals surface area contributed by atoms with Crippen LogP contribution >= 0.6 is 11.6 Å². The quantitative estimate of drug-likeness (QED) is 0.353. The highest BCUT2D eigenvalue weighted by atomic mass is 35.5. The predicted octanol–water partition coefficient (Wildman–Crippen LogP) is 6.73. The van der Waals surface area contributed by atoms with Gasteiger partial charge in [0.15, 0.2) is 0 Å². The van der Waals surface area contributed by atoms with Crippen LogP contribution in [0.1, 0.15) is 50.4 Å². The lowest BCUT2D eigenvalue weighted by Crippen LogP contribution is -2.41. The predicted molar refractivity (Wildman–Crippen MR) is 139 cm³/mol. The highest BCUT2D eigenvalue weighted by Crippen LogP contribution is 2.37. The third kappa shape index (κ3) is 6.84. The summed E-state index contributed by atoms with van der Waals surface area (Å²) in [6.45, 7) is 7.19. The maximum atomic E-state index is 13.5. The van der Waals surface area contributed by atoms with Crippen LogP contribution in [0.2, 0.25) is 5.02 Å².